The molecule has 2 saturated heterocycles. The molecule has 0 unspecified atom stereocenters. The van der Waals surface area contributed by atoms with E-state index in [-0.39, 0.29) is 37.9 Å². The summed E-state index contributed by atoms with van der Waals surface area (Å²) in [5.41, 5.74) is -0.680. The lowest BCUT2D eigenvalue weighted by Crippen LogP contribution is -2.56. The molecule has 1 aromatic carbocycles. The fraction of sp³-hybridized carbons (Fsp3) is 0.548. The number of carbonyl (C=O) groups is 4. The quantitative estimate of drug-likeness (QED) is 0.266. The van der Waals surface area contributed by atoms with Crippen LogP contribution < -0.4 is 5.32 Å². The van der Waals surface area contributed by atoms with Crippen molar-refractivity contribution in [3.63, 3.8) is 0 Å². The van der Waals surface area contributed by atoms with Gasteiger partial charge < -0.3 is 29.7 Å². The second-order valence-corrected chi connectivity index (χ2v) is 12.1. The molecule has 11 heteroatoms. The predicted molar refractivity (Wildman–Crippen MR) is 157 cm³/mol. The topological polar surface area (TPSA) is 125 Å². The van der Waals surface area contributed by atoms with Gasteiger partial charge in [-0.2, -0.15) is 0 Å². The molecule has 10 nitrogen and oxygen atoms in total. The van der Waals surface area contributed by atoms with Crippen LogP contribution in [-0.4, -0.2) is 89.1 Å². The summed E-state index contributed by atoms with van der Waals surface area (Å²) in [6, 6.07) is 8.08. The Morgan fingerprint density at radius 2 is 1.86 bits per heavy atom. The normalized spacial score (nSPS) is 32.5. The number of hydrogen-bond acceptors (Lipinski definition) is 7. The first-order valence-electron chi connectivity index (χ1n) is 14.8. The van der Waals surface area contributed by atoms with E-state index in [2.05, 4.69) is 28.2 Å². The molecule has 2 N–H and O–H groups in total. The third kappa shape index (κ3) is 5.66. The molecule has 4 aliphatic rings. The summed E-state index contributed by atoms with van der Waals surface area (Å²) in [6.07, 6.45) is 7.35. The van der Waals surface area contributed by atoms with Gasteiger partial charge >= 0.3 is 5.97 Å². The van der Waals surface area contributed by atoms with Crippen molar-refractivity contribution < 1.29 is 33.8 Å². The Morgan fingerprint density at radius 1 is 1.07 bits per heavy atom. The summed E-state index contributed by atoms with van der Waals surface area (Å²) in [5, 5.41) is 12.8. The number of halogens is 1. The molecule has 1 spiro atoms. The van der Waals surface area contributed by atoms with Gasteiger partial charge in [-0.3, -0.25) is 19.2 Å². The highest BCUT2D eigenvalue weighted by atomic mass is 79.9. The van der Waals surface area contributed by atoms with E-state index in [1.165, 1.54) is 4.90 Å². The van der Waals surface area contributed by atoms with Gasteiger partial charge in [0.2, 0.25) is 17.7 Å². The van der Waals surface area contributed by atoms with Crippen molar-refractivity contribution in [1.29, 1.82) is 0 Å². The lowest BCUT2D eigenvalue weighted by atomic mass is 9.74. The molecule has 0 aliphatic carbocycles. The average Bonchev–Trinajstić information content (AvgIpc) is 3.57. The summed E-state index contributed by atoms with van der Waals surface area (Å²) >= 11 is 3.55. The van der Waals surface area contributed by atoms with Crippen molar-refractivity contribution in [2.75, 3.05) is 32.8 Å². The highest BCUT2D eigenvalue weighted by Crippen LogP contribution is 2.59. The lowest BCUT2D eigenvalue weighted by Gasteiger charge is -2.35. The molecule has 0 aromatic heterocycles. The Hall–Kier alpha value is -3.02. The van der Waals surface area contributed by atoms with Gasteiger partial charge in [0.15, 0.2) is 0 Å². The van der Waals surface area contributed by atoms with Gasteiger partial charge in [0, 0.05) is 30.5 Å². The first-order chi connectivity index (χ1) is 20.3. The summed E-state index contributed by atoms with van der Waals surface area (Å²) in [4.78, 5) is 58.0. The number of nitrogens with one attached hydrogen (secondary N) is 1. The van der Waals surface area contributed by atoms with E-state index in [1.807, 2.05) is 42.5 Å². The molecule has 0 saturated carbocycles. The summed E-state index contributed by atoms with van der Waals surface area (Å²) in [5.74, 6) is -3.54. The molecule has 0 radical (unpaired) electrons. The number of likely N-dealkylation sites (tertiary alicyclic amines) is 1. The molecule has 2 fully saturated rings. The maximum absolute atomic E-state index is 14.3. The van der Waals surface area contributed by atoms with Crippen LogP contribution in [0, 0.1) is 11.8 Å². The van der Waals surface area contributed by atoms with Crippen molar-refractivity contribution in [1.82, 2.24) is 15.1 Å². The molecule has 3 amide bonds. The van der Waals surface area contributed by atoms with Crippen LogP contribution in [0.3, 0.4) is 0 Å². The maximum Gasteiger partial charge on any atom is 0.313 e. The van der Waals surface area contributed by atoms with Crippen molar-refractivity contribution in [3.8, 4) is 0 Å². The Kier molecular flexibility index (Phi) is 9.49. The van der Waals surface area contributed by atoms with Gasteiger partial charge in [0.25, 0.3) is 0 Å². The monoisotopic (exact) mass is 643 g/mol. The molecule has 4 aliphatic heterocycles. The van der Waals surface area contributed by atoms with Crippen LogP contribution in [0.25, 0.3) is 0 Å². The van der Waals surface area contributed by atoms with Gasteiger partial charge in [0.1, 0.15) is 29.8 Å². The van der Waals surface area contributed by atoms with E-state index in [4.69, 9.17) is 9.47 Å². The SMILES string of the molecule is CCCCCN1C/C=C\CCC(=O)NC[C@@H](c2ccccc2)OC(=O)[C@@H]2[C@H]3O[C@@]4(C=C3Br)[C@H](C1=O)N(CCO)C(=O)[C@@H]24. The smallest absolute Gasteiger partial charge is 0.313 e. The van der Waals surface area contributed by atoms with Gasteiger partial charge in [-0.1, -0.05) is 78.2 Å². The fourth-order valence-corrected chi connectivity index (χ4v) is 7.31. The Bertz CT molecular complexity index is 1250. The first kappa shape index (κ1) is 30.4. The number of hydrogen-bond donors (Lipinski definition) is 2. The first-order valence-corrected chi connectivity index (χ1v) is 15.5. The van der Waals surface area contributed by atoms with E-state index < -0.39 is 47.6 Å². The number of cyclic esters (lactones) is 1. The highest BCUT2D eigenvalue weighted by molar-refractivity contribution is 9.11. The molecular formula is C31H38BrN3O7. The van der Waals surface area contributed by atoms with Crippen molar-refractivity contribution in [3.05, 3.63) is 58.6 Å². The minimum atomic E-state index is -1.38. The van der Waals surface area contributed by atoms with Gasteiger partial charge in [-0.05, 0) is 24.5 Å². The van der Waals surface area contributed by atoms with E-state index in [0.717, 1.165) is 19.3 Å². The fourth-order valence-electron chi connectivity index (χ4n) is 6.57. The van der Waals surface area contributed by atoms with Crippen molar-refractivity contribution in [2.24, 2.45) is 11.8 Å². The number of fused-ring (bicyclic) bond motifs is 2. The Morgan fingerprint density at radius 3 is 2.60 bits per heavy atom. The van der Waals surface area contributed by atoms with E-state index in [9.17, 15) is 24.3 Å². The number of rotatable bonds is 7. The van der Waals surface area contributed by atoms with Crippen LogP contribution in [0.2, 0.25) is 0 Å². The third-order valence-corrected chi connectivity index (χ3v) is 9.24. The van der Waals surface area contributed by atoms with Crippen LogP contribution in [-0.2, 0) is 28.7 Å². The number of ether oxygens (including phenoxy) is 2. The number of benzene rings is 1. The third-order valence-electron chi connectivity index (χ3n) is 8.56. The number of esters is 1. The predicted octanol–water partition coefficient (Wildman–Crippen LogP) is 2.62. The standard InChI is InChI=1S/C31H38BrN3O7/c1-2-3-9-14-34-15-10-5-8-13-23(37)33-19-22(20-11-6-4-7-12-20)41-30(40)24-25-28(38)35(16-17-36)27(29(34)39)31(25)18-21(32)26(24)42-31/h4-7,10-12,18,22,24-27,36H,2-3,8-9,13-17,19H2,1H3,(H,33,37)/b10-5-/t22-,24-,25+,26-,27-,31+/m0/s1. The molecule has 5 bridgehead atoms. The molecule has 1 aromatic rings. The van der Waals surface area contributed by atoms with Crippen LogP contribution in [0.1, 0.15) is 50.7 Å². The number of amides is 3. The molecule has 4 heterocycles. The maximum atomic E-state index is 14.3. The highest BCUT2D eigenvalue weighted by Gasteiger charge is 2.74. The van der Waals surface area contributed by atoms with Gasteiger partial charge in [-0.15, -0.1) is 0 Å². The number of allylic oxidation sites excluding steroid dienone is 1. The number of nitrogens with zero attached hydrogens (tertiary/aromatic N) is 2. The number of unbranched alkanes of at least 4 members (excludes halogenated alkanes) is 2. The summed E-state index contributed by atoms with van der Waals surface area (Å²) in [6.45, 7) is 2.53. The van der Waals surface area contributed by atoms with Crippen LogP contribution in [0.5, 0.6) is 0 Å². The zero-order valence-corrected chi connectivity index (χ0v) is 25.3. The minimum Gasteiger partial charge on any atom is -0.455 e. The van der Waals surface area contributed by atoms with Crippen LogP contribution in [0.15, 0.2) is 53.0 Å². The molecule has 42 heavy (non-hydrogen) atoms. The van der Waals surface area contributed by atoms with Gasteiger partial charge in [-0.25, -0.2) is 0 Å². The van der Waals surface area contributed by atoms with E-state index >= 15 is 0 Å². The number of aliphatic hydroxyl groups excluding tert-OH is 1. The minimum absolute atomic E-state index is 0.0634. The molecule has 6 atom stereocenters. The van der Waals surface area contributed by atoms with Crippen molar-refractivity contribution in [2.45, 2.75) is 62.9 Å². The average molecular weight is 645 g/mol. The largest absolute Gasteiger partial charge is 0.455 e. The lowest BCUT2D eigenvalue weighted by molar-refractivity contribution is -0.160. The zero-order valence-electron chi connectivity index (χ0n) is 23.7. The van der Waals surface area contributed by atoms with Crippen LogP contribution >= 0.6 is 15.9 Å². The number of carbonyl (C=O) groups excluding carboxylic acids is 4. The summed E-state index contributed by atoms with van der Waals surface area (Å²) < 4.78 is 13.1. The zero-order chi connectivity index (χ0) is 29.9. The second kappa shape index (κ2) is 13.1. The van der Waals surface area contributed by atoms with E-state index in [0.29, 0.717) is 29.6 Å². The number of aliphatic hydroxyl groups is 1. The van der Waals surface area contributed by atoms with Crippen molar-refractivity contribution >= 4 is 39.6 Å². The second-order valence-electron chi connectivity index (χ2n) is 11.2. The van der Waals surface area contributed by atoms with Crippen LogP contribution in [0.4, 0.5) is 0 Å². The Balaban J connectivity index is 1.55. The van der Waals surface area contributed by atoms with E-state index in [1.54, 1.807) is 11.0 Å². The molecule has 226 valence electrons. The number of β-amino-alcohol motifs (C(OH)–C–C–N with tert-alkyl or cyclic N) is 1. The Labute approximate surface area is 254 Å². The molecule has 5 rings (SSSR count). The van der Waals surface area contributed by atoms with Gasteiger partial charge in [0.05, 0.1) is 19.1 Å². The summed E-state index contributed by atoms with van der Waals surface area (Å²) in [7, 11) is 0. The molecular weight excluding hydrogens is 606 g/mol.